The Morgan fingerprint density at radius 3 is 2.29 bits per heavy atom. The van der Waals surface area contributed by atoms with Gasteiger partial charge in [-0.15, -0.1) is 0 Å². The monoisotopic (exact) mass is 241 g/mol. The van der Waals surface area contributed by atoms with E-state index in [1.165, 1.54) is 13.3 Å². The number of nitrogens with two attached hydrogens (primary N) is 1. The summed E-state index contributed by atoms with van der Waals surface area (Å²) in [4.78, 5) is 22.5. The molecule has 0 aromatic carbocycles. The Balaban J connectivity index is 2.17. The number of hydrogen-bond acceptors (Lipinski definition) is 3. The van der Waals surface area contributed by atoms with E-state index in [0.717, 1.165) is 32.1 Å². The largest absolute Gasteiger partial charge is 0.356 e. The molecule has 0 atom stereocenters. The van der Waals surface area contributed by atoms with E-state index in [0.29, 0.717) is 13.1 Å². The second-order valence-electron chi connectivity index (χ2n) is 4.81. The third kappa shape index (κ3) is 4.73. The Morgan fingerprint density at radius 1 is 1.12 bits per heavy atom. The van der Waals surface area contributed by atoms with Crippen LogP contribution in [0.2, 0.25) is 0 Å². The number of hydrogen-bond donors (Lipinski definition) is 3. The highest BCUT2D eigenvalue weighted by Gasteiger charge is 2.34. The molecule has 0 saturated heterocycles. The van der Waals surface area contributed by atoms with Crippen LogP contribution >= 0.6 is 0 Å². The van der Waals surface area contributed by atoms with Gasteiger partial charge in [-0.3, -0.25) is 9.59 Å². The molecule has 1 aliphatic carbocycles. The second kappa shape index (κ2) is 6.59. The van der Waals surface area contributed by atoms with Crippen LogP contribution in [0.5, 0.6) is 0 Å². The molecule has 0 aliphatic heterocycles. The van der Waals surface area contributed by atoms with E-state index in [2.05, 4.69) is 10.6 Å². The van der Waals surface area contributed by atoms with Gasteiger partial charge in [0.05, 0.1) is 5.54 Å². The lowest BCUT2D eigenvalue weighted by Crippen LogP contribution is -2.55. The minimum atomic E-state index is -0.660. The van der Waals surface area contributed by atoms with Crippen molar-refractivity contribution in [3.63, 3.8) is 0 Å². The fraction of sp³-hybridized carbons (Fsp3) is 0.833. The average Bonchev–Trinajstić information content (AvgIpc) is 2.29. The summed E-state index contributed by atoms with van der Waals surface area (Å²) in [5, 5.41) is 5.54. The van der Waals surface area contributed by atoms with Gasteiger partial charge < -0.3 is 16.4 Å². The van der Waals surface area contributed by atoms with Crippen molar-refractivity contribution in [1.29, 1.82) is 0 Å². The molecule has 0 bridgehead atoms. The van der Waals surface area contributed by atoms with E-state index in [4.69, 9.17) is 5.73 Å². The molecule has 1 aliphatic rings. The van der Waals surface area contributed by atoms with Crippen LogP contribution in [0, 0.1) is 0 Å². The van der Waals surface area contributed by atoms with Crippen LogP contribution in [-0.2, 0) is 9.59 Å². The van der Waals surface area contributed by atoms with E-state index in [9.17, 15) is 9.59 Å². The van der Waals surface area contributed by atoms with Gasteiger partial charge in [-0.25, -0.2) is 0 Å². The van der Waals surface area contributed by atoms with Crippen LogP contribution in [-0.4, -0.2) is 30.4 Å². The summed E-state index contributed by atoms with van der Waals surface area (Å²) in [6.45, 7) is 2.64. The van der Waals surface area contributed by atoms with Gasteiger partial charge in [0.2, 0.25) is 11.8 Å². The number of carbonyl (C=O) groups is 2. The first-order chi connectivity index (χ1) is 8.04. The Bertz CT molecular complexity index is 273. The van der Waals surface area contributed by atoms with E-state index >= 15 is 0 Å². The first-order valence-corrected chi connectivity index (χ1v) is 6.36. The van der Waals surface area contributed by atoms with Gasteiger partial charge in [-0.05, 0) is 19.3 Å². The van der Waals surface area contributed by atoms with Crippen molar-refractivity contribution in [3.8, 4) is 0 Å². The molecule has 0 unspecified atom stereocenters. The number of nitrogens with one attached hydrogen (secondary N) is 2. The maximum Gasteiger partial charge on any atom is 0.240 e. The van der Waals surface area contributed by atoms with Crippen molar-refractivity contribution in [2.45, 2.75) is 51.0 Å². The Morgan fingerprint density at radius 2 is 1.71 bits per heavy atom. The molecule has 2 amide bonds. The molecule has 98 valence electrons. The van der Waals surface area contributed by atoms with Gasteiger partial charge in [0, 0.05) is 20.0 Å². The molecule has 17 heavy (non-hydrogen) atoms. The van der Waals surface area contributed by atoms with Gasteiger partial charge in [0.1, 0.15) is 0 Å². The fourth-order valence-electron chi connectivity index (χ4n) is 2.14. The molecular weight excluding hydrogens is 218 g/mol. The summed E-state index contributed by atoms with van der Waals surface area (Å²) in [7, 11) is 0. The van der Waals surface area contributed by atoms with Gasteiger partial charge in [0.25, 0.3) is 0 Å². The van der Waals surface area contributed by atoms with Crippen molar-refractivity contribution < 1.29 is 9.59 Å². The maximum atomic E-state index is 11.9. The molecule has 0 radical (unpaired) electrons. The average molecular weight is 241 g/mol. The number of amides is 2. The van der Waals surface area contributed by atoms with Gasteiger partial charge >= 0.3 is 0 Å². The second-order valence-corrected chi connectivity index (χ2v) is 4.81. The minimum Gasteiger partial charge on any atom is -0.356 e. The standard InChI is InChI=1S/C12H23N3O2/c1-10(16)14-8-5-9-15-11(17)12(13)6-3-2-4-7-12/h2-9,13H2,1H3,(H,14,16)(H,15,17). The highest BCUT2D eigenvalue weighted by atomic mass is 16.2. The van der Waals surface area contributed by atoms with E-state index in [-0.39, 0.29) is 11.8 Å². The first-order valence-electron chi connectivity index (χ1n) is 6.36. The molecule has 0 spiro atoms. The molecular formula is C12H23N3O2. The van der Waals surface area contributed by atoms with Crippen LogP contribution in [0.25, 0.3) is 0 Å². The van der Waals surface area contributed by atoms with Crippen LogP contribution in [0.1, 0.15) is 45.4 Å². The smallest absolute Gasteiger partial charge is 0.240 e. The molecule has 1 saturated carbocycles. The zero-order chi connectivity index (χ0) is 12.7. The topological polar surface area (TPSA) is 84.2 Å². The van der Waals surface area contributed by atoms with Crippen molar-refractivity contribution in [1.82, 2.24) is 10.6 Å². The SMILES string of the molecule is CC(=O)NCCCNC(=O)C1(N)CCCCC1. The van der Waals surface area contributed by atoms with Crippen LogP contribution in [0.4, 0.5) is 0 Å². The lowest BCUT2D eigenvalue weighted by molar-refractivity contribution is -0.127. The van der Waals surface area contributed by atoms with E-state index in [1.807, 2.05) is 0 Å². The summed E-state index contributed by atoms with van der Waals surface area (Å²) in [6, 6.07) is 0. The summed E-state index contributed by atoms with van der Waals surface area (Å²) >= 11 is 0. The summed E-state index contributed by atoms with van der Waals surface area (Å²) in [5.41, 5.74) is 5.42. The quantitative estimate of drug-likeness (QED) is 0.605. The van der Waals surface area contributed by atoms with Gasteiger partial charge in [-0.2, -0.15) is 0 Å². The molecule has 0 heterocycles. The Hall–Kier alpha value is -1.10. The van der Waals surface area contributed by atoms with Crippen molar-refractivity contribution in [2.75, 3.05) is 13.1 Å². The zero-order valence-corrected chi connectivity index (χ0v) is 10.6. The third-order valence-corrected chi connectivity index (χ3v) is 3.21. The predicted octanol–water partition coefficient (Wildman–Crippen LogP) is 0.290. The van der Waals surface area contributed by atoms with E-state index < -0.39 is 5.54 Å². The Kier molecular flexibility index (Phi) is 5.41. The third-order valence-electron chi connectivity index (χ3n) is 3.21. The highest BCUT2D eigenvalue weighted by Crippen LogP contribution is 2.25. The van der Waals surface area contributed by atoms with Crippen molar-refractivity contribution >= 4 is 11.8 Å². The number of carbonyl (C=O) groups excluding carboxylic acids is 2. The lowest BCUT2D eigenvalue weighted by Gasteiger charge is -2.31. The molecule has 1 fully saturated rings. The molecule has 5 heteroatoms. The summed E-state index contributed by atoms with van der Waals surface area (Å²) < 4.78 is 0. The lowest BCUT2D eigenvalue weighted by atomic mass is 9.82. The summed E-state index contributed by atoms with van der Waals surface area (Å²) in [6.07, 6.45) is 5.55. The fourth-order valence-corrected chi connectivity index (χ4v) is 2.14. The normalized spacial score (nSPS) is 18.5. The van der Waals surface area contributed by atoms with Crippen molar-refractivity contribution in [2.24, 2.45) is 5.73 Å². The first kappa shape index (κ1) is 14.0. The van der Waals surface area contributed by atoms with Crippen LogP contribution in [0.3, 0.4) is 0 Å². The van der Waals surface area contributed by atoms with E-state index in [1.54, 1.807) is 0 Å². The maximum absolute atomic E-state index is 11.9. The molecule has 1 rings (SSSR count). The number of rotatable bonds is 5. The van der Waals surface area contributed by atoms with Crippen molar-refractivity contribution in [3.05, 3.63) is 0 Å². The molecule has 5 nitrogen and oxygen atoms in total. The Labute approximate surface area is 103 Å². The molecule has 0 aromatic rings. The van der Waals surface area contributed by atoms with Gasteiger partial charge in [0.15, 0.2) is 0 Å². The zero-order valence-electron chi connectivity index (χ0n) is 10.6. The predicted molar refractivity (Wildman–Crippen MR) is 66.3 cm³/mol. The molecule has 4 N–H and O–H groups in total. The molecule has 0 aromatic heterocycles. The van der Waals surface area contributed by atoms with Crippen LogP contribution in [0.15, 0.2) is 0 Å². The van der Waals surface area contributed by atoms with Gasteiger partial charge in [-0.1, -0.05) is 19.3 Å². The minimum absolute atomic E-state index is 0.0416. The highest BCUT2D eigenvalue weighted by molar-refractivity contribution is 5.86. The summed E-state index contributed by atoms with van der Waals surface area (Å²) in [5.74, 6) is -0.0843. The van der Waals surface area contributed by atoms with Crippen LogP contribution < -0.4 is 16.4 Å².